The number of morpholine rings is 1. The number of fused-ring (bicyclic) bond motifs is 3. The van der Waals surface area contributed by atoms with E-state index in [0.717, 1.165) is 61.0 Å². The van der Waals surface area contributed by atoms with Crippen LogP contribution in [0.1, 0.15) is 5.69 Å². The van der Waals surface area contributed by atoms with Gasteiger partial charge in [-0.05, 0) is 30.3 Å². The highest BCUT2D eigenvalue weighted by molar-refractivity contribution is 6.31. The quantitative estimate of drug-likeness (QED) is 0.340. The monoisotopic (exact) mass is 502 g/mol. The molecule has 1 aliphatic rings. The zero-order valence-electron chi connectivity index (χ0n) is 19.6. The molecule has 0 radical (unpaired) electrons. The Morgan fingerprint density at radius 3 is 2.81 bits per heavy atom. The van der Waals surface area contributed by atoms with E-state index in [0.29, 0.717) is 22.4 Å². The number of hydrogen-bond donors (Lipinski definition) is 0. The van der Waals surface area contributed by atoms with Gasteiger partial charge in [-0.3, -0.25) is 14.3 Å². The van der Waals surface area contributed by atoms with E-state index >= 15 is 0 Å². The van der Waals surface area contributed by atoms with Crippen LogP contribution in [0.15, 0.2) is 61.2 Å². The summed E-state index contributed by atoms with van der Waals surface area (Å²) in [5.41, 5.74) is 2.66. The van der Waals surface area contributed by atoms with Crippen LogP contribution in [0.25, 0.3) is 16.7 Å². The number of rotatable bonds is 6. The molecule has 5 aromatic rings. The van der Waals surface area contributed by atoms with Crippen LogP contribution in [-0.4, -0.2) is 67.8 Å². The molecule has 11 heteroatoms. The lowest BCUT2D eigenvalue weighted by molar-refractivity contribution is 0.0336. The van der Waals surface area contributed by atoms with Crippen molar-refractivity contribution in [1.29, 1.82) is 0 Å². The second-order valence-corrected chi connectivity index (χ2v) is 8.93. The Labute approximate surface area is 212 Å². The van der Waals surface area contributed by atoms with Crippen molar-refractivity contribution in [1.82, 2.24) is 34.4 Å². The van der Waals surface area contributed by atoms with Gasteiger partial charge in [0.15, 0.2) is 0 Å². The maximum atomic E-state index is 6.27. The summed E-state index contributed by atoms with van der Waals surface area (Å²) < 4.78 is 13.2. The van der Waals surface area contributed by atoms with E-state index in [9.17, 15) is 0 Å². The van der Waals surface area contributed by atoms with E-state index in [1.165, 1.54) is 0 Å². The molecular formula is C25H23ClN8O2. The summed E-state index contributed by atoms with van der Waals surface area (Å²) in [4.78, 5) is 18.0. The molecule has 0 atom stereocenters. The fraction of sp³-hybridized carbons (Fsp3) is 0.240. The van der Waals surface area contributed by atoms with E-state index in [2.05, 4.69) is 25.1 Å². The van der Waals surface area contributed by atoms with Crippen LogP contribution in [0.2, 0.25) is 5.02 Å². The second-order valence-electron chi connectivity index (χ2n) is 8.49. The van der Waals surface area contributed by atoms with Crippen molar-refractivity contribution < 1.29 is 9.47 Å². The van der Waals surface area contributed by atoms with Crippen LogP contribution in [-0.2, 0) is 11.3 Å². The predicted octanol–water partition coefficient (Wildman–Crippen LogP) is 4.11. The van der Waals surface area contributed by atoms with Crippen molar-refractivity contribution >= 4 is 39.8 Å². The largest absolute Gasteiger partial charge is 0.437 e. The minimum absolute atomic E-state index is 0.434. The summed E-state index contributed by atoms with van der Waals surface area (Å²) in [5.74, 6) is 2.30. The molecule has 1 fully saturated rings. The number of benzene rings is 2. The molecule has 0 aliphatic carbocycles. The summed E-state index contributed by atoms with van der Waals surface area (Å²) in [5, 5.41) is 9.69. The van der Waals surface area contributed by atoms with Crippen LogP contribution in [0.4, 0.5) is 11.5 Å². The highest BCUT2D eigenvalue weighted by atomic mass is 35.5. The van der Waals surface area contributed by atoms with Gasteiger partial charge in [-0.2, -0.15) is 4.98 Å². The van der Waals surface area contributed by atoms with E-state index in [1.807, 2.05) is 58.8 Å². The number of halogens is 1. The van der Waals surface area contributed by atoms with Gasteiger partial charge in [0.25, 0.3) is 5.78 Å². The van der Waals surface area contributed by atoms with Gasteiger partial charge in [0.05, 0.1) is 36.8 Å². The van der Waals surface area contributed by atoms with Crippen LogP contribution in [0.5, 0.6) is 11.6 Å². The normalized spacial score (nSPS) is 14.4. The maximum Gasteiger partial charge on any atom is 0.257 e. The topological polar surface area (TPSA) is 93.8 Å². The Balaban J connectivity index is 1.24. The fourth-order valence-corrected chi connectivity index (χ4v) is 4.41. The first-order valence-electron chi connectivity index (χ1n) is 11.6. The maximum absolute atomic E-state index is 6.27. The van der Waals surface area contributed by atoms with Crippen molar-refractivity contribution in [2.24, 2.45) is 0 Å². The highest BCUT2D eigenvalue weighted by Crippen LogP contribution is 2.33. The van der Waals surface area contributed by atoms with Gasteiger partial charge in [0.1, 0.15) is 17.9 Å². The van der Waals surface area contributed by atoms with Gasteiger partial charge in [0.2, 0.25) is 5.88 Å². The first-order chi connectivity index (χ1) is 17.6. The van der Waals surface area contributed by atoms with E-state index < -0.39 is 0 Å². The number of nitrogens with zero attached hydrogens (tertiary/aromatic N) is 8. The number of ether oxygens (including phenoxy) is 2. The van der Waals surface area contributed by atoms with Crippen molar-refractivity contribution in [3.05, 3.63) is 71.9 Å². The molecule has 1 aliphatic heterocycles. The molecule has 4 heterocycles. The van der Waals surface area contributed by atoms with Crippen molar-refractivity contribution in [2.45, 2.75) is 6.54 Å². The van der Waals surface area contributed by atoms with Gasteiger partial charge in [-0.25, -0.2) is 4.98 Å². The summed E-state index contributed by atoms with van der Waals surface area (Å²) in [6.07, 6.45) is 5.05. The lowest BCUT2D eigenvalue weighted by atomic mass is 10.2. The lowest BCUT2D eigenvalue weighted by Crippen LogP contribution is -2.35. The standard InChI is InChI=1S/C25H23ClN8O2/c1-32(24-21-6-5-17(26)11-22(21)34-16-29-31-25(34)30-24)19-3-2-4-20(12-19)36-23-14-27-18(13-28-23)15-33-7-9-35-10-8-33/h2-6,11-14,16H,7-10,15H2,1H3. The smallest absolute Gasteiger partial charge is 0.257 e. The number of hydrogen-bond acceptors (Lipinski definition) is 9. The molecular weight excluding hydrogens is 480 g/mol. The molecule has 0 saturated carbocycles. The third-order valence-electron chi connectivity index (χ3n) is 6.11. The summed E-state index contributed by atoms with van der Waals surface area (Å²) >= 11 is 6.27. The molecule has 10 nitrogen and oxygen atoms in total. The van der Waals surface area contributed by atoms with Crippen LogP contribution in [0, 0.1) is 0 Å². The number of aromatic nitrogens is 6. The first kappa shape index (κ1) is 22.6. The number of anilines is 2. The van der Waals surface area contributed by atoms with Crippen LogP contribution in [0.3, 0.4) is 0 Å². The minimum Gasteiger partial charge on any atom is -0.437 e. The molecule has 6 rings (SSSR count). The molecule has 3 aromatic heterocycles. The van der Waals surface area contributed by atoms with Gasteiger partial charge >= 0.3 is 0 Å². The van der Waals surface area contributed by atoms with E-state index in [1.54, 1.807) is 18.7 Å². The van der Waals surface area contributed by atoms with Crippen molar-refractivity contribution in [3.8, 4) is 11.6 Å². The van der Waals surface area contributed by atoms with Gasteiger partial charge < -0.3 is 14.4 Å². The SMILES string of the molecule is CN(c1cccc(Oc2cnc(CN3CCOCC3)cn2)c1)c1nc2nncn2c2cc(Cl)ccc12. The summed E-state index contributed by atoms with van der Waals surface area (Å²) in [7, 11) is 1.95. The van der Waals surface area contributed by atoms with E-state index in [-0.39, 0.29) is 0 Å². The fourth-order valence-electron chi connectivity index (χ4n) is 4.24. The average molecular weight is 503 g/mol. The minimum atomic E-state index is 0.434. The Morgan fingerprint density at radius 1 is 1.08 bits per heavy atom. The molecule has 0 bridgehead atoms. The third-order valence-corrected chi connectivity index (χ3v) is 6.35. The second kappa shape index (κ2) is 9.65. The average Bonchev–Trinajstić information content (AvgIpc) is 3.39. The summed E-state index contributed by atoms with van der Waals surface area (Å²) in [6.45, 7) is 4.07. The summed E-state index contributed by atoms with van der Waals surface area (Å²) in [6, 6.07) is 13.4. The van der Waals surface area contributed by atoms with Crippen LogP contribution >= 0.6 is 11.6 Å². The highest BCUT2D eigenvalue weighted by Gasteiger charge is 2.16. The Hall–Kier alpha value is -3.86. The Morgan fingerprint density at radius 2 is 1.97 bits per heavy atom. The van der Waals surface area contributed by atoms with Gasteiger partial charge in [-0.1, -0.05) is 17.7 Å². The predicted molar refractivity (Wildman–Crippen MR) is 136 cm³/mol. The molecule has 0 amide bonds. The van der Waals surface area contributed by atoms with Crippen molar-refractivity contribution in [3.63, 3.8) is 0 Å². The van der Waals surface area contributed by atoms with Crippen LogP contribution < -0.4 is 9.64 Å². The first-order valence-corrected chi connectivity index (χ1v) is 11.9. The molecule has 0 spiro atoms. The third kappa shape index (κ3) is 4.53. The van der Waals surface area contributed by atoms with E-state index in [4.69, 9.17) is 26.1 Å². The molecule has 2 aromatic carbocycles. The van der Waals surface area contributed by atoms with Gasteiger partial charge in [-0.15, -0.1) is 10.2 Å². The Bertz CT molecular complexity index is 1520. The molecule has 0 unspecified atom stereocenters. The zero-order chi connectivity index (χ0) is 24.5. The molecule has 0 N–H and O–H groups in total. The lowest BCUT2D eigenvalue weighted by Gasteiger charge is -2.25. The molecule has 1 saturated heterocycles. The zero-order valence-corrected chi connectivity index (χ0v) is 20.3. The molecule has 182 valence electrons. The Kier molecular flexibility index (Phi) is 6.06. The molecule has 36 heavy (non-hydrogen) atoms. The van der Waals surface area contributed by atoms with Gasteiger partial charge in [0, 0.05) is 48.8 Å². The van der Waals surface area contributed by atoms with Crippen molar-refractivity contribution in [2.75, 3.05) is 38.3 Å².